The highest BCUT2D eigenvalue weighted by atomic mass is 19.2. The summed E-state index contributed by atoms with van der Waals surface area (Å²) < 4.78 is 66.7. The average molecular weight is 305 g/mol. The number of nitrogens with one attached hydrogen (secondary N) is 1. The van der Waals surface area contributed by atoms with Crippen LogP contribution in [0.4, 0.5) is 27.6 Å². The van der Waals surface area contributed by atoms with Gasteiger partial charge < -0.3 is 5.32 Å². The topological polar surface area (TPSA) is 46.9 Å². The summed E-state index contributed by atoms with van der Waals surface area (Å²) in [5, 5.41) is 5.41. The molecule has 0 aliphatic heterocycles. The molecular formula is C12H8F5N3O. The van der Waals surface area contributed by atoms with Crippen molar-refractivity contribution in [3.05, 3.63) is 47.0 Å². The number of carbonyl (C=O) groups is 1. The number of anilines is 1. The molecule has 0 radical (unpaired) electrons. The number of amides is 1. The number of nitrogens with zero attached hydrogens (tertiary/aromatic N) is 2. The van der Waals surface area contributed by atoms with E-state index in [1.54, 1.807) is 18.3 Å². The third-order valence-corrected chi connectivity index (χ3v) is 2.70. The second kappa shape index (κ2) is 5.51. The highest BCUT2D eigenvalue weighted by Gasteiger charge is 2.26. The SMILES string of the molecule is Cc1ccnn1CC(=O)Nc1c(F)c(F)c(F)c(F)c1F. The van der Waals surface area contributed by atoms with Crippen molar-refractivity contribution in [3.8, 4) is 0 Å². The van der Waals surface area contributed by atoms with Crippen LogP contribution >= 0.6 is 0 Å². The largest absolute Gasteiger partial charge is 0.319 e. The normalized spacial score (nSPS) is 10.8. The lowest BCUT2D eigenvalue weighted by atomic mass is 10.2. The van der Waals surface area contributed by atoms with Gasteiger partial charge in [0.25, 0.3) is 0 Å². The van der Waals surface area contributed by atoms with Gasteiger partial charge in [0.05, 0.1) is 0 Å². The van der Waals surface area contributed by atoms with Crippen molar-refractivity contribution in [1.29, 1.82) is 0 Å². The van der Waals surface area contributed by atoms with Crippen molar-refractivity contribution in [2.45, 2.75) is 13.5 Å². The summed E-state index contributed by atoms with van der Waals surface area (Å²) in [5.74, 6) is -11.7. The van der Waals surface area contributed by atoms with E-state index in [0.717, 1.165) is 0 Å². The summed E-state index contributed by atoms with van der Waals surface area (Å²) in [6.07, 6.45) is 1.39. The molecule has 0 saturated carbocycles. The van der Waals surface area contributed by atoms with Crippen LogP contribution in [-0.4, -0.2) is 15.7 Å². The van der Waals surface area contributed by atoms with E-state index in [0.29, 0.717) is 5.69 Å². The molecule has 1 N–H and O–H groups in total. The van der Waals surface area contributed by atoms with Gasteiger partial charge in [-0.2, -0.15) is 5.10 Å². The molecule has 2 aromatic rings. The fourth-order valence-corrected chi connectivity index (χ4v) is 1.59. The van der Waals surface area contributed by atoms with E-state index >= 15 is 0 Å². The van der Waals surface area contributed by atoms with Crippen LogP contribution in [0.15, 0.2) is 12.3 Å². The van der Waals surface area contributed by atoms with E-state index in [1.807, 2.05) is 0 Å². The molecule has 0 atom stereocenters. The van der Waals surface area contributed by atoms with Crippen LogP contribution in [0.25, 0.3) is 0 Å². The Labute approximate surface area is 115 Å². The van der Waals surface area contributed by atoms with Crippen molar-refractivity contribution in [2.75, 3.05) is 5.32 Å². The fourth-order valence-electron chi connectivity index (χ4n) is 1.59. The van der Waals surface area contributed by atoms with Crippen molar-refractivity contribution in [2.24, 2.45) is 0 Å². The van der Waals surface area contributed by atoms with Crippen molar-refractivity contribution < 1.29 is 26.7 Å². The summed E-state index contributed by atoms with van der Waals surface area (Å²) in [7, 11) is 0. The lowest BCUT2D eigenvalue weighted by Crippen LogP contribution is -2.22. The molecule has 0 unspecified atom stereocenters. The minimum atomic E-state index is -2.29. The van der Waals surface area contributed by atoms with Crippen molar-refractivity contribution in [1.82, 2.24) is 9.78 Å². The van der Waals surface area contributed by atoms with Crippen LogP contribution in [0.1, 0.15) is 5.69 Å². The third kappa shape index (κ3) is 2.71. The Hall–Kier alpha value is -2.45. The summed E-state index contributed by atoms with van der Waals surface area (Å²) in [6.45, 7) is 1.19. The fraction of sp³-hybridized carbons (Fsp3) is 0.167. The first kappa shape index (κ1) is 14.9. The van der Waals surface area contributed by atoms with Gasteiger partial charge in [0.2, 0.25) is 11.7 Å². The maximum absolute atomic E-state index is 13.4. The summed E-state index contributed by atoms with van der Waals surface area (Å²) in [4.78, 5) is 11.6. The van der Waals surface area contributed by atoms with E-state index in [2.05, 4.69) is 5.10 Å². The maximum Gasteiger partial charge on any atom is 0.246 e. The predicted molar refractivity (Wildman–Crippen MR) is 61.8 cm³/mol. The zero-order valence-corrected chi connectivity index (χ0v) is 10.6. The molecule has 2 rings (SSSR count). The standard InChI is InChI=1S/C12H8F5N3O/c1-5-2-3-18-20(5)4-6(21)19-12-10(16)8(14)7(13)9(15)11(12)17/h2-3H,4H2,1H3,(H,19,21). The van der Waals surface area contributed by atoms with Crippen LogP contribution in [0.2, 0.25) is 0 Å². The number of aryl methyl sites for hydroxylation is 1. The quantitative estimate of drug-likeness (QED) is 0.538. The molecule has 0 bridgehead atoms. The predicted octanol–water partition coefficient (Wildman–Crippen LogP) is 2.53. The molecule has 1 aromatic heterocycles. The summed E-state index contributed by atoms with van der Waals surface area (Å²) in [5.41, 5.74) is -0.802. The Bertz CT molecular complexity index is 684. The molecule has 0 spiro atoms. The molecule has 1 heterocycles. The molecule has 0 fully saturated rings. The van der Waals surface area contributed by atoms with Gasteiger partial charge in [0.1, 0.15) is 12.2 Å². The number of hydrogen-bond donors (Lipinski definition) is 1. The van der Waals surface area contributed by atoms with Crippen molar-refractivity contribution >= 4 is 11.6 Å². The van der Waals surface area contributed by atoms with Gasteiger partial charge in [-0.25, -0.2) is 22.0 Å². The first-order chi connectivity index (χ1) is 9.82. The zero-order valence-electron chi connectivity index (χ0n) is 10.6. The van der Waals surface area contributed by atoms with E-state index in [-0.39, 0.29) is 0 Å². The number of aromatic nitrogens is 2. The molecule has 0 aliphatic rings. The highest BCUT2D eigenvalue weighted by molar-refractivity contribution is 5.90. The smallest absolute Gasteiger partial charge is 0.246 e. The van der Waals surface area contributed by atoms with Crippen LogP contribution in [0.5, 0.6) is 0 Å². The van der Waals surface area contributed by atoms with E-state index < -0.39 is 47.2 Å². The Morgan fingerprint density at radius 2 is 1.62 bits per heavy atom. The van der Waals surface area contributed by atoms with Gasteiger partial charge >= 0.3 is 0 Å². The van der Waals surface area contributed by atoms with Crippen LogP contribution in [0.3, 0.4) is 0 Å². The molecule has 0 saturated heterocycles. The number of hydrogen-bond acceptors (Lipinski definition) is 2. The molecule has 21 heavy (non-hydrogen) atoms. The highest BCUT2D eigenvalue weighted by Crippen LogP contribution is 2.27. The molecule has 1 amide bonds. The van der Waals surface area contributed by atoms with Crippen LogP contribution in [0, 0.1) is 36.0 Å². The van der Waals surface area contributed by atoms with Gasteiger partial charge in [0, 0.05) is 11.9 Å². The summed E-state index contributed by atoms with van der Waals surface area (Å²) in [6, 6.07) is 1.58. The van der Waals surface area contributed by atoms with Gasteiger partial charge in [-0.1, -0.05) is 0 Å². The number of halogens is 5. The maximum atomic E-state index is 13.4. The molecule has 4 nitrogen and oxygen atoms in total. The Morgan fingerprint density at radius 3 is 2.10 bits per heavy atom. The minimum absolute atomic E-state index is 0.432. The second-order valence-corrected chi connectivity index (χ2v) is 4.12. The van der Waals surface area contributed by atoms with E-state index in [9.17, 15) is 26.7 Å². The van der Waals surface area contributed by atoms with Gasteiger partial charge in [-0.3, -0.25) is 9.48 Å². The van der Waals surface area contributed by atoms with E-state index in [1.165, 1.54) is 10.9 Å². The first-order valence-electron chi connectivity index (χ1n) is 5.62. The Morgan fingerprint density at radius 1 is 1.10 bits per heavy atom. The summed E-state index contributed by atoms with van der Waals surface area (Å²) >= 11 is 0. The number of rotatable bonds is 3. The average Bonchev–Trinajstić information content (AvgIpc) is 2.84. The zero-order chi connectivity index (χ0) is 15.7. The van der Waals surface area contributed by atoms with Gasteiger partial charge in [-0.15, -0.1) is 0 Å². The third-order valence-electron chi connectivity index (χ3n) is 2.70. The second-order valence-electron chi connectivity index (χ2n) is 4.12. The van der Waals surface area contributed by atoms with Gasteiger partial charge in [0.15, 0.2) is 23.3 Å². The van der Waals surface area contributed by atoms with Crippen LogP contribution < -0.4 is 5.32 Å². The monoisotopic (exact) mass is 305 g/mol. The molecule has 0 aliphatic carbocycles. The Kier molecular flexibility index (Phi) is 3.92. The molecular weight excluding hydrogens is 297 g/mol. The van der Waals surface area contributed by atoms with Crippen LogP contribution in [-0.2, 0) is 11.3 Å². The lowest BCUT2D eigenvalue weighted by Gasteiger charge is -2.10. The van der Waals surface area contributed by atoms with E-state index in [4.69, 9.17) is 0 Å². The van der Waals surface area contributed by atoms with Crippen molar-refractivity contribution in [3.63, 3.8) is 0 Å². The lowest BCUT2D eigenvalue weighted by molar-refractivity contribution is -0.117. The Balaban J connectivity index is 2.28. The molecule has 112 valence electrons. The number of carbonyl (C=O) groups excluding carboxylic acids is 1. The molecule has 1 aromatic carbocycles. The first-order valence-corrected chi connectivity index (χ1v) is 5.62. The number of benzene rings is 1. The van der Waals surface area contributed by atoms with Gasteiger partial charge in [-0.05, 0) is 13.0 Å². The molecule has 9 heteroatoms. The minimum Gasteiger partial charge on any atom is -0.319 e.